The van der Waals surface area contributed by atoms with Gasteiger partial charge in [0.25, 0.3) is 0 Å². The molecule has 0 aliphatic heterocycles. The van der Waals surface area contributed by atoms with E-state index in [0.717, 1.165) is 16.9 Å². The molecule has 5 heteroatoms. The molecule has 2 aromatic carbocycles. The van der Waals surface area contributed by atoms with Crippen LogP contribution in [0.2, 0.25) is 0 Å². The highest BCUT2D eigenvalue weighted by Gasteiger charge is 2.22. The summed E-state index contributed by atoms with van der Waals surface area (Å²) in [6.07, 6.45) is 0. The molecule has 0 aliphatic rings. The first kappa shape index (κ1) is 20.0. The number of ether oxygens (including phenoxy) is 1. The summed E-state index contributed by atoms with van der Waals surface area (Å²) in [7, 11) is 3.49. The van der Waals surface area contributed by atoms with Crippen molar-refractivity contribution < 1.29 is 9.53 Å². The predicted molar refractivity (Wildman–Crippen MR) is 99.8 cm³/mol. The molecule has 2 aromatic rings. The Labute approximate surface area is 150 Å². The average Bonchev–Trinajstić information content (AvgIpc) is 2.60. The van der Waals surface area contributed by atoms with Crippen LogP contribution in [0.25, 0.3) is 0 Å². The highest BCUT2D eigenvalue weighted by atomic mass is 35.5. The number of carbonyl (C=O) groups is 1. The largest absolute Gasteiger partial charge is 0.496 e. The average molecular weight is 349 g/mol. The summed E-state index contributed by atoms with van der Waals surface area (Å²) in [6.45, 7) is 2.55. The number of para-hydroxylation sites is 1. The third-order valence-corrected chi connectivity index (χ3v) is 3.83. The van der Waals surface area contributed by atoms with Crippen molar-refractivity contribution in [3.8, 4) is 5.75 Å². The molecule has 4 nitrogen and oxygen atoms in total. The van der Waals surface area contributed by atoms with Crippen LogP contribution in [0.5, 0.6) is 5.75 Å². The van der Waals surface area contributed by atoms with Gasteiger partial charge in [0.05, 0.1) is 13.2 Å². The molecule has 2 atom stereocenters. The van der Waals surface area contributed by atoms with E-state index in [1.165, 1.54) is 0 Å². The first-order chi connectivity index (χ1) is 11.2. The zero-order valence-corrected chi connectivity index (χ0v) is 15.1. The minimum atomic E-state index is -0.237. The van der Waals surface area contributed by atoms with E-state index in [9.17, 15) is 4.79 Å². The van der Waals surface area contributed by atoms with Crippen LogP contribution in [-0.4, -0.2) is 26.6 Å². The zero-order valence-electron chi connectivity index (χ0n) is 14.3. The Balaban J connectivity index is 0.00000288. The minimum absolute atomic E-state index is 0. The van der Waals surface area contributed by atoms with Crippen LogP contribution < -0.4 is 15.4 Å². The highest BCUT2D eigenvalue weighted by Crippen LogP contribution is 2.30. The summed E-state index contributed by atoms with van der Waals surface area (Å²) in [4.78, 5) is 12.5. The van der Waals surface area contributed by atoms with Gasteiger partial charge in [0.15, 0.2) is 0 Å². The van der Waals surface area contributed by atoms with Gasteiger partial charge in [-0.05, 0) is 18.7 Å². The Morgan fingerprint density at radius 3 is 2.33 bits per heavy atom. The van der Waals surface area contributed by atoms with E-state index in [1.807, 2.05) is 68.6 Å². The maximum absolute atomic E-state index is 12.5. The first-order valence-electron chi connectivity index (χ1n) is 7.80. The van der Waals surface area contributed by atoms with Crippen LogP contribution >= 0.6 is 12.4 Å². The van der Waals surface area contributed by atoms with Gasteiger partial charge in [-0.2, -0.15) is 0 Å². The number of halogens is 1. The van der Waals surface area contributed by atoms with Gasteiger partial charge >= 0.3 is 0 Å². The quantitative estimate of drug-likeness (QED) is 0.808. The van der Waals surface area contributed by atoms with Crippen molar-refractivity contribution in [3.63, 3.8) is 0 Å². The molecule has 24 heavy (non-hydrogen) atoms. The maximum atomic E-state index is 12.5. The van der Waals surface area contributed by atoms with Crippen LogP contribution in [0.4, 0.5) is 0 Å². The second-order valence-corrected chi connectivity index (χ2v) is 5.55. The zero-order chi connectivity index (χ0) is 16.7. The molecule has 0 radical (unpaired) electrons. The predicted octanol–water partition coefficient (Wildman–Crippen LogP) is 3.18. The molecular formula is C19H25ClN2O2. The standard InChI is InChI=1S/C19H24N2O2.ClH/c1-14(13-20-2)19(22)21-18(15-9-5-4-6-10-15)16-11-7-8-12-17(16)23-3;/h4-12,14,18,20H,13H2,1-3H3,(H,21,22);1H. The molecule has 2 unspecified atom stereocenters. The van der Waals surface area contributed by atoms with Gasteiger partial charge in [0.1, 0.15) is 5.75 Å². The van der Waals surface area contributed by atoms with Gasteiger partial charge in [0.2, 0.25) is 5.91 Å². The van der Waals surface area contributed by atoms with Gasteiger partial charge in [-0.1, -0.05) is 55.5 Å². The summed E-state index contributed by atoms with van der Waals surface area (Å²) in [6, 6.07) is 17.5. The molecular weight excluding hydrogens is 324 g/mol. The fourth-order valence-corrected chi connectivity index (χ4v) is 2.57. The van der Waals surface area contributed by atoms with Crippen LogP contribution in [0, 0.1) is 5.92 Å². The molecule has 2 rings (SSSR count). The SMILES string of the molecule is CNCC(C)C(=O)NC(c1ccccc1)c1ccccc1OC.Cl. The van der Waals surface area contributed by atoms with Crippen molar-refractivity contribution in [1.82, 2.24) is 10.6 Å². The van der Waals surface area contributed by atoms with Crippen LogP contribution in [0.3, 0.4) is 0 Å². The molecule has 0 spiro atoms. The summed E-state index contributed by atoms with van der Waals surface area (Å²) in [5.41, 5.74) is 1.98. The third kappa shape index (κ3) is 4.98. The van der Waals surface area contributed by atoms with Crippen molar-refractivity contribution >= 4 is 18.3 Å². The van der Waals surface area contributed by atoms with Crippen molar-refractivity contribution in [2.75, 3.05) is 20.7 Å². The van der Waals surface area contributed by atoms with E-state index in [0.29, 0.717) is 6.54 Å². The number of benzene rings is 2. The van der Waals surface area contributed by atoms with Gasteiger partial charge in [-0.25, -0.2) is 0 Å². The summed E-state index contributed by atoms with van der Waals surface area (Å²) >= 11 is 0. The van der Waals surface area contributed by atoms with E-state index in [2.05, 4.69) is 10.6 Å². The highest BCUT2D eigenvalue weighted by molar-refractivity contribution is 5.85. The number of rotatable bonds is 7. The van der Waals surface area contributed by atoms with E-state index in [4.69, 9.17) is 4.74 Å². The molecule has 0 aromatic heterocycles. The molecule has 0 aliphatic carbocycles. The Kier molecular flexibility index (Phi) is 8.30. The third-order valence-electron chi connectivity index (χ3n) is 3.83. The topological polar surface area (TPSA) is 50.4 Å². The monoisotopic (exact) mass is 348 g/mol. The molecule has 130 valence electrons. The van der Waals surface area contributed by atoms with E-state index < -0.39 is 0 Å². The lowest BCUT2D eigenvalue weighted by Crippen LogP contribution is -2.37. The number of hydrogen-bond donors (Lipinski definition) is 2. The van der Waals surface area contributed by atoms with E-state index in [1.54, 1.807) is 7.11 Å². The number of nitrogens with one attached hydrogen (secondary N) is 2. The second kappa shape index (κ2) is 9.96. The maximum Gasteiger partial charge on any atom is 0.224 e. The van der Waals surface area contributed by atoms with Crippen molar-refractivity contribution in [2.45, 2.75) is 13.0 Å². The van der Waals surface area contributed by atoms with Gasteiger partial charge in [0, 0.05) is 18.0 Å². The van der Waals surface area contributed by atoms with Crippen LogP contribution in [-0.2, 0) is 4.79 Å². The smallest absolute Gasteiger partial charge is 0.224 e. The van der Waals surface area contributed by atoms with E-state index >= 15 is 0 Å². The summed E-state index contributed by atoms with van der Waals surface area (Å²) < 4.78 is 5.47. The van der Waals surface area contributed by atoms with Gasteiger partial charge in [-0.15, -0.1) is 12.4 Å². The number of carbonyl (C=O) groups excluding carboxylic acids is 1. The van der Waals surface area contributed by atoms with Crippen molar-refractivity contribution in [3.05, 3.63) is 65.7 Å². The van der Waals surface area contributed by atoms with Crippen molar-refractivity contribution in [2.24, 2.45) is 5.92 Å². The van der Waals surface area contributed by atoms with Crippen LogP contribution in [0.15, 0.2) is 54.6 Å². The summed E-state index contributed by atoms with van der Waals surface area (Å²) in [5, 5.41) is 6.19. The number of hydrogen-bond acceptors (Lipinski definition) is 3. The molecule has 1 amide bonds. The molecule has 0 bridgehead atoms. The van der Waals surface area contributed by atoms with Gasteiger partial charge in [-0.3, -0.25) is 4.79 Å². The molecule has 0 saturated carbocycles. The van der Waals surface area contributed by atoms with Crippen molar-refractivity contribution in [1.29, 1.82) is 0 Å². The fourth-order valence-electron chi connectivity index (χ4n) is 2.57. The Hall–Kier alpha value is -2.04. The van der Waals surface area contributed by atoms with Crippen LogP contribution in [0.1, 0.15) is 24.1 Å². The number of amides is 1. The Morgan fingerprint density at radius 1 is 1.08 bits per heavy atom. The number of methoxy groups -OCH3 is 1. The Morgan fingerprint density at radius 2 is 1.71 bits per heavy atom. The normalized spacial score (nSPS) is 12.6. The Bertz CT molecular complexity index is 634. The second-order valence-electron chi connectivity index (χ2n) is 5.55. The lowest BCUT2D eigenvalue weighted by molar-refractivity contribution is -0.124. The lowest BCUT2D eigenvalue weighted by Gasteiger charge is -2.23. The lowest BCUT2D eigenvalue weighted by atomic mass is 9.97. The van der Waals surface area contributed by atoms with E-state index in [-0.39, 0.29) is 30.3 Å². The summed E-state index contributed by atoms with van der Waals surface area (Å²) in [5.74, 6) is 0.669. The molecule has 0 fully saturated rings. The van der Waals surface area contributed by atoms with Gasteiger partial charge < -0.3 is 15.4 Å². The molecule has 0 saturated heterocycles. The molecule has 0 heterocycles. The first-order valence-corrected chi connectivity index (χ1v) is 7.80. The fraction of sp³-hybridized carbons (Fsp3) is 0.316. The minimum Gasteiger partial charge on any atom is -0.496 e. The molecule has 2 N–H and O–H groups in total.